The minimum atomic E-state index is -0.618. The summed E-state index contributed by atoms with van der Waals surface area (Å²) in [6.07, 6.45) is 0. The van der Waals surface area contributed by atoms with Crippen LogP contribution < -0.4 is 20.9 Å². The van der Waals surface area contributed by atoms with Crippen LogP contribution in [0.2, 0.25) is 0 Å². The predicted octanol–water partition coefficient (Wildman–Crippen LogP) is 1.96. The standard InChI is InChI=1S/C17H19N3O3/c1-12(19-20-17(22)13-8-4-3-5-9-13)16(21)18-14-10-6-7-11-15(14)23-2/h3-12,19H,1-2H3,(H,18,21)(H,20,22). The molecule has 3 N–H and O–H groups in total. The van der Waals surface area contributed by atoms with Crippen molar-refractivity contribution in [3.63, 3.8) is 0 Å². The van der Waals surface area contributed by atoms with E-state index in [1.807, 2.05) is 12.1 Å². The summed E-state index contributed by atoms with van der Waals surface area (Å²) in [5.41, 5.74) is 6.28. The molecule has 1 atom stereocenters. The molecule has 0 aliphatic rings. The summed E-state index contributed by atoms with van der Waals surface area (Å²) >= 11 is 0. The molecule has 2 rings (SSSR count). The SMILES string of the molecule is COc1ccccc1NC(=O)C(C)NNC(=O)c1ccccc1. The fourth-order valence-electron chi connectivity index (χ4n) is 1.89. The van der Waals surface area contributed by atoms with Gasteiger partial charge in [-0.2, -0.15) is 0 Å². The molecule has 23 heavy (non-hydrogen) atoms. The maximum atomic E-state index is 12.1. The van der Waals surface area contributed by atoms with Crippen molar-refractivity contribution in [1.29, 1.82) is 0 Å². The molecule has 0 heterocycles. The van der Waals surface area contributed by atoms with Crippen LogP contribution in [0.25, 0.3) is 0 Å². The number of methoxy groups -OCH3 is 1. The van der Waals surface area contributed by atoms with E-state index >= 15 is 0 Å². The molecule has 1 unspecified atom stereocenters. The second-order valence-electron chi connectivity index (χ2n) is 4.88. The molecule has 6 heteroatoms. The first-order chi connectivity index (χ1) is 11.1. The van der Waals surface area contributed by atoms with E-state index in [4.69, 9.17) is 4.74 Å². The van der Waals surface area contributed by atoms with E-state index in [0.29, 0.717) is 17.0 Å². The quantitative estimate of drug-likeness (QED) is 0.712. The Bertz CT molecular complexity index is 674. The number of amides is 2. The number of benzene rings is 2. The number of carbonyl (C=O) groups is 2. The lowest BCUT2D eigenvalue weighted by Crippen LogP contribution is -2.48. The van der Waals surface area contributed by atoms with Crippen LogP contribution in [-0.2, 0) is 4.79 Å². The third kappa shape index (κ3) is 4.55. The fourth-order valence-corrected chi connectivity index (χ4v) is 1.89. The van der Waals surface area contributed by atoms with Gasteiger partial charge in [0.05, 0.1) is 12.8 Å². The van der Waals surface area contributed by atoms with E-state index in [0.717, 1.165) is 0 Å². The van der Waals surface area contributed by atoms with Gasteiger partial charge in [-0.3, -0.25) is 15.0 Å². The molecule has 0 aromatic heterocycles. The van der Waals surface area contributed by atoms with Crippen molar-refractivity contribution < 1.29 is 14.3 Å². The zero-order valence-electron chi connectivity index (χ0n) is 13.0. The van der Waals surface area contributed by atoms with Crippen molar-refractivity contribution in [2.24, 2.45) is 0 Å². The van der Waals surface area contributed by atoms with E-state index in [1.165, 1.54) is 7.11 Å². The molecular weight excluding hydrogens is 294 g/mol. The maximum absolute atomic E-state index is 12.1. The van der Waals surface area contributed by atoms with Gasteiger partial charge in [-0.15, -0.1) is 0 Å². The summed E-state index contributed by atoms with van der Waals surface area (Å²) in [5, 5.41) is 2.75. The number of hydrogen-bond acceptors (Lipinski definition) is 4. The molecule has 0 aliphatic carbocycles. The largest absolute Gasteiger partial charge is 0.495 e. The van der Waals surface area contributed by atoms with E-state index in [1.54, 1.807) is 49.4 Å². The van der Waals surface area contributed by atoms with Gasteiger partial charge in [-0.1, -0.05) is 30.3 Å². The Morgan fingerprint density at radius 2 is 1.65 bits per heavy atom. The molecule has 0 aliphatic heterocycles. The van der Waals surface area contributed by atoms with Crippen LogP contribution in [0.3, 0.4) is 0 Å². The van der Waals surface area contributed by atoms with Crippen LogP contribution in [0, 0.1) is 0 Å². The van der Waals surface area contributed by atoms with Crippen LogP contribution in [0.5, 0.6) is 5.75 Å². The fraction of sp³-hybridized carbons (Fsp3) is 0.176. The highest BCUT2D eigenvalue weighted by atomic mass is 16.5. The van der Waals surface area contributed by atoms with Gasteiger partial charge in [0.1, 0.15) is 11.8 Å². The molecule has 0 saturated carbocycles. The van der Waals surface area contributed by atoms with Gasteiger partial charge in [-0.05, 0) is 31.2 Å². The average Bonchev–Trinajstić information content (AvgIpc) is 2.60. The van der Waals surface area contributed by atoms with Gasteiger partial charge in [0.15, 0.2) is 0 Å². The topological polar surface area (TPSA) is 79.5 Å². The van der Waals surface area contributed by atoms with Crippen LogP contribution in [-0.4, -0.2) is 25.0 Å². The van der Waals surface area contributed by atoms with E-state index in [9.17, 15) is 9.59 Å². The highest BCUT2D eigenvalue weighted by Gasteiger charge is 2.15. The van der Waals surface area contributed by atoms with Crippen LogP contribution in [0.1, 0.15) is 17.3 Å². The number of hydrazine groups is 1. The molecular formula is C17H19N3O3. The summed E-state index contributed by atoms with van der Waals surface area (Å²) in [7, 11) is 1.53. The van der Waals surface area contributed by atoms with Crippen molar-refractivity contribution >= 4 is 17.5 Å². The lowest BCUT2D eigenvalue weighted by molar-refractivity contribution is -0.117. The van der Waals surface area contributed by atoms with E-state index in [-0.39, 0.29) is 11.8 Å². The van der Waals surface area contributed by atoms with Crippen molar-refractivity contribution in [1.82, 2.24) is 10.9 Å². The Hall–Kier alpha value is -2.86. The Kier molecular flexibility index (Phi) is 5.71. The van der Waals surface area contributed by atoms with Crippen LogP contribution in [0.4, 0.5) is 5.69 Å². The smallest absolute Gasteiger partial charge is 0.265 e. The summed E-state index contributed by atoms with van der Waals surface area (Å²) in [6.45, 7) is 1.65. The molecule has 0 spiro atoms. The number of carbonyl (C=O) groups excluding carboxylic acids is 2. The molecule has 0 fully saturated rings. The molecule has 120 valence electrons. The highest BCUT2D eigenvalue weighted by Crippen LogP contribution is 2.22. The molecule has 2 aromatic carbocycles. The molecule has 2 aromatic rings. The zero-order chi connectivity index (χ0) is 16.7. The number of hydrogen-bond donors (Lipinski definition) is 3. The Morgan fingerprint density at radius 3 is 2.35 bits per heavy atom. The van der Waals surface area contributed by atoms with Crippen LogP contribution in [0.15, 0.2) is 54.6 Å². The minimum Gasteiger partial charge on any atom is -0.495 e. The second kappa shape index (κ2) is 7.95. The Balaban J connectivity index is 1.89. The summed E-state index contributed by atoms with van der Waals surface area (Å²) in [4.78, 5) is 24.1. The summed E-state index contributed by atoms with van der Waals surface area (Å²) < 4.78 is 5.18. The summed E-state index contributed by atoms with van der Waals surface area (Å²) in [6, 6.07) is 15.2. The number of para-hydroxylation sites is 2. The van der Waals surface area contributed by atoms with Gasteiger partial charge >= 0.3 is 0 Å². The average molecular weight is 313 g/mol. The van der Waals surface area contributed by atoms with E-state index in [2.05, 4.69) is 16.2 Å². The Morgan fingerprint density at radius 1 is 1.00 bits per heavy atom. The first-order valence-electron chi connectivity index (χ1n) is 7.16. The zero-order valence-corrected chi connectivity index (χ0v) is 13.0. The predicted molar refractivity (Wildman–Crippen MR) is 88.1 cm³/mol. The number of ether oxygens (including phenoxy) is 1. The van der Waals surface area contributed by atoms with Crippen molar-refractivity contribution in [3.05, 3.63) is 60.2 Å². The molecule has 0 bridgehead atoms. The van der Waals surface area contributed by atoms with Gasteiger partial charge < -0.3 is 10.1 Å². The number of nitrogens with one attached hydrogen (secondary N) is 3. The van der Waals surface area contributed by atoms with Gasteiger partial charge in [-0.25, -0.2) is 5.43 Å². The van der Waals surface area contributed by atoms with Gasteiger partial charge in [0.2, 0.25) is 5.91 Å². The van der Waals surface area contributed by atoms with E-state index < -0.39 is 6.04 Å². The molecule has 0 saturated heterocycles. The normalized spacial score (nSPS) is 11.4. The second-order valence-corrected chi connectivity index (χ2v) is 4.88. The van der Waals surface area contributed by atoms with Gasteiger partial charge in [0.25, 0.3) is 5.91 Å². The maximum Gasteiger partial charge on any atom is 0.265 e. The van der Waals surface area contributed by atoms with Crippen molar-refractivity contribution in [2.45, 2.75) is 13.0 Å². The molecule has 2 amide bonds. The monoisotopic (exact) mass is 313 g/mol. The first-order valence-corrected chi connectivity index (χ1v) is 7.16. The Labute approximate surface area is 134 Å². The third-order valence-electron chi connectivity index (χ3n) is 3.20. The van der Waals surface area contributed by atoms with Crippen LogP contribution >= 0.6 is 0 Å². The highest BCUT2D eigenvalue weighted by molar-refractivity contribution is 5.97. The summed E-state index contributed by atoms with van der Waals surface area (Å²) in [5.74, 6) is -0.0215. The van der Waals surface area contributed by atoms with Gasteiger partial charge in [0, 0.05) is 5.56 Å². The lowest BCUT2D eigenvalue weighted by Gasteiger charge is -2.16. The number of rotatable bonds is 6. The third-order valence-corrected chi connectivity index (χ3v) is 3.20. The number of anilines is 1. The van der Waals surface area contributed by atoms with Crippen molar-refractivity contribution in [3.8, 4) is 5.75 Å². The lowest BCUT2D eigenvalue weighted by atomic mass is 10.2. The first kappa shape index (κ1) is 16.5. The molecule has 0 radical (unpaired) electrons. The minimum absolute atomic E-state index is 0.289. The van der Waals surface area contributed by atoms with Crippen molar-refractivity contribution in [2.75, 3.05) is 12.4 Å². The molecule has 6 nitrogen and oxygen atoms in total.